The zero-order chi connectivity index (χ0) is 14.1. The van der Waals surface area contributed by atoms with Crippen molar-refractivity contribution >= 4 is 32.6 Å². The molecule has 1 N–H and O–H groups in total. The quantitative estimate of drug-likeness (QED) is 0.915. The lowest BCUT2D eigenvalue weighted by molar-refractivity contribution is -0.119. The number of carbonyl (C=O) groups excluding carboxylic acids is 1. The molecule has 1 aliphatic rings. The van der Waals surface area contributed by atoms with Crippen molar-refractivity contribution in [3.8, 4) is 5.75 Å². The lowest BCUT2D eigenvalue weighted by Crippen LogP contribution is -2.36. The first kappa shape index (κ1) is 13.2. The van der Waals surface area contributed by atoms with E-state index in [0.29, 0.717) is 12.6 Å². The number of fused-ring (bicyclic) bond motifs is 1. The number of hydrogen-bond donors (Lipinski definition) is 1. The van der Waals surface area contributed by atoms with Crippen LogP contribution in [0, 0.1) is 0 Å². The van der Waals surface area contributed by atoms with E-state index in [1.165, 1.54) is 0 Å². The fraction of sp³-hybridized carbons (Fsp3) is 0.429. The Morgan fingerprint density at radius 1 is 1.55 bits per heavy atom. The van der Waals surface area contributed by atoms with Crippen LogP contribution >= 0.6 is 11.3 Å². The van der Waals surface area contributed by atoms with Gasteiger partial charge in [-0.05, 0) is 25.0 Å². The van der Waals surface area contributed by atoms with Gasteiger partial charge in [0.2, 0.25) is 5.91 Å². The van der Waals surface area contributed by atoms with Crippen molar-refractivity contribution in [2.75, 3.05) is 25.6 Å². The third-order valence-electron chi connectivity index (χ3n) is 3.24. The normalized spacial score (nSPS) is 14.3. The Kier molecular flexibility index (Phi) is 3.48. The van der Waals surface area contributed by atoms with Crippen LogP contribution in [0.4, 0.5) is 5.13 Å². The molecule has 0 atom stereocenters. The van der Waals surface area contributed by atoms with Crippen LogP contribution in [0.15, 0.2) is 18.2 Å². The van der Waals surface area contributed by atoms with E-state index in [9.17, 15) is 4.79 Å². The minimum Gasteiger partial charge on any atom is -0.494 e. The lowest BCUT2D eigenvalue weighted by Gasteiger charge is -2.14. The van der Waals surface area contributed by atoms with Crippen LogP contribution in [0.2, 0.25) is 0 Å². The summed E-state index contributed by atoms with van der Waals surface area (Å²) in [4.78, 5) is 18.3. The van der Waals surface area contributed by atoms with Crippen molar-refractivity contribution in [1.29, 1.82) is 0 Å². The molecule has 0 unspecified atom stereocenters. The van der Waals surface area contributed by atoms with Gasteiger partial charge in [0.05, 0.1) is 18.4 Å². The first-order chi connectivity index (χ1) is 9.67. The highest BCUT2D eigenvalue weighted by molar-refractivity contribution is 7.22. The van der Waals surface area contributed by atoms with Crippen LogP contribution in [0.5, 0.6) is 5.75 Å². The number of nitrogens with zero attached hydrogens (tertiary/aromatic N) is 2. The van der Waals surface area contributed by atoms with Crippen molar-refractivity contribution < 1.29 is 9.53 Å². The predicted molar refractivity (Wildman–Crippen MR) is 80.6 cm³/mol. The molecule has 5 nitrogen and oxygen atoms in total. The number of benzene rings is 1. The molecule has 1 heterocycles. The highest BCUT2D eigenvalue weighted by Crippen LogP contribution is 2.33. The fourth-order valence-corrected chi connectivity index (χ4v) is 2.97. The van der Waals surface area contributed by atoms with E-state index in [2.05, 4.69) is 10.3 Å². The van der Waals surface area contributed by atoms with E-state index in [0.717, 1.165) is 33.9 Å². The molecule has 2 aromatic rings. The first-order valence-electron chi connectivity index (χ1n) is 6.61. The van der Waals surface area contributed by atoms with Gasteiger partial charge < -0.3 is 15.0 Å². The lowest BCUT2D eigenvalue weighted by atomic mass is 10.3. The van der Waals surface area contributed by atoms with Crippen molar-refractivity contribution in [2.45, 2.75) is 18.9 Å². The topological polar surface area (TPSA) is 54.5 Å². The van der Waals surface area contributed by atoms with Gasteiger partial charge in [0.15, 0.2) is 5.13 Å². The fourth-order valence-electron chi connectivity index (χ4n) is 2.02. The standard InChI is InChI=1S/C14H17N3O2S/c1-17(8-12(18)15-9-6-7-9)14-16-13-10(19-2)4-3-5-11(13)20-14/h3-5,9H,6-8H2,1-2H3,(H,15,18). The van der Waals surface area contributed by atoms with Gasteiger partial charge in [0.1, 0.15) is 11.3 Å². The Hall–Kier alpha value is -1.82. The Morgan fingerprint density at radius 3 is 3.05 bits per heavy atom. The Balaban J connectivity index is 1.76. The summed E-state index contributed by atoms with van der Waals surface area (Å²) in [5.74, 6) is 0.821. The van der Waals surface area contributed by atoms with Crippen LogP contribution in [0.3, 0.4) is 0 Å². The molecule has 0 spiro atoms. The van der Waals surface area contributed by atoms with E-state index in [1.807, 2.05) is 30.1 Å². The molecule has 1 amide bonds. The SMILES string of the molecule is COc1cccc2sc(N(C)CC(=O)NC3CC3)nc12. The molecule has 0 aliphatic heterocycles. The molecule has 1 saturated carbocycles. The number of carbonyl (C=O) groups is 1. The zero-order valence-electron chi connectivity index (χ0n) is 11.5. The molecule has 6 heteroatoms. The molecule has 1 aromatic carbocycles. The predicted octanol–water partition coefficient (Wildman–Crippen LogP) is 2.02. The molecule has 0 radical (unpaired) electrons. The van der Waals surface area contributed by atoms with Gasteiger partial charge >= 0.3 is 0 Å². The van der Waals surface area contributed by atoms with Gasteiger partial charge in [0.25, 0.3) is 0 Å². The number of aromatic nitrogens is 1. The number of nitrogens with one attached hydrogen (secondary N) is 1. The molecule has 20 heavy (non-hydrogen) atoms. The maximum atomic E-state index is 11.8. The van der Waals surface area contributed by atoms with Crippen molar-refractivity contribution in [3.05, 3.63) is 18.2 Å². The number of likely N-dealkylation sites (N-methyl/N-ethyl adjacent to an activating group) is 1. The van der Waals surface area contributed by atoms with Crippen molar-refractivity contribution in [3.63, 3.8) is 0 Å². The minimum atomic E-state index is 0.0567. The van der Waals surface area contributed by atoms with Crippen molar-refractivity contribution in [2.24, 2.45) is 0 Å². The summed E-state index contributed by atoms with van der Waals surface area (Å²) in [7, 11) is 3.53. The zero-order valence-corrected chi connectivity index (χ0v) is 12.4. The van der Waals surface area contributed by atoms with Crippen LogP contribution in [-0.2, 0) is 4.79 Å². The van der Waals surface area contributed by atoms with Crippen LogP contribution in [0.1, 0.15) is 12.8 Å². The summed E-state index contributed by atoms with van der Waals surface area (Å²) >= 11 is 1.57. The minimum absolute atomic E-state index is 0.0567. The third kappa shape index (κ3) is 2.70. The summed E-state index contributed by atoms with van der Waals surface area (Å²) < 4.78 is 6.37. The monoisotopic (exact) mass is 291 g/mol. The average Bonchev–Trinajstić information content (AvgIpc) is 3.12. The number of anilines is 1. The maximum absolute atomic E-state index is 11.8. The van der Waals surface area contributed by atoms with Gasteiger partial charge in [0, 0.05) is 13.1 Å². The molecular formula is C14H17N3O2S. The highest BCUT2D eigenvalue weighted by Gasteiger charge is 2.24. The Morgan fingerprint density at radius 2 is 2.35 bits per heavy atom. The van der Waals surface area contributed by atoms with Gasteiger partial charge in [-0.25, -0.2) is 4.98 Å². The maximum Gasteiger partial charge on any atom is 0.239 e. The highest BCUT2D eigenvalue weighted by atomic mass is 32.1. The molecule has 106 valence electrons. The largest absolute Gasteiger partial charge is 0.494 e. The Labute approximate surface area is 121 Å². The third-order valence-corrected chi connectivity index (χ3v) is 4.38. The summed E-state index contributed by atoms with van der Waals surface area (Å²) in [5, 5.41) is 3.81. The summed E-state index contributed by atoms with van der Waals surface area (Å²) in [6.45, 7) is 0.332. The van der Waals surface area contributed by atoms with E-state index in [1.54, 1.807) is 18.4 Å². The second-order valence-corrected chi connectivity index (χ2v) is 6.01. The van der Waals surface area contributed by atoms with E-state index in [4.69, 9.17) is 4.74 Å². The number of thiazole rings is 1. The van der Waals surface area contributed by atoms with Gasteiger partial charge in [-0.3, -0.25) is 4.79 Å². The van der Waals surface area contributed by atoms with Crippen molar-refractivity contribution in [1.82, 2.24) is 10.3 Å². The first-order valence-corrected chi connectivity index (χ1v) is 7.43. The number of methoxy groups -OCH3 is 1. The summed E-state index contributed by atoms with van der Waals surface area (Å²) in [6, 6.07) is 6.25. The van der Waals surface area contributed by atoms with E-state index < -0.39 is 0 Å². The average molecular weight is 291 g/mol. The smallest absolute Gasteiger partial charge is 0.239 e. The molecular weight excluding hydrogens is 274 g/mol. The van der Waals surface area contributed by atoms with Crippen LogP contribution < -0.4 is 15.0 Å². The van der Waals surface area contributed by atoms with E-state index >= 15 is 0 Å². The summed E-state index contributed by atoms with van der Waals surface area (Å²) in [6.07, 6.45) is 2.21. The summed E-state index contributed by atoms with van der Waals surface area (Å²) in [5.41, 5.74) is 0.851. The molecule has 0 bridgehead atoms. The van der Waals surface area contributed by atoms with Gasteiger partial charge in [-0.15, -0.1) is 0 Å². The van der Waals surface area contributed by atoms with E-state index in [-0.39, 0.29) is 5.91 Å². The number of ether oxygens (including phenoxy) is 1. The van der Waals surface area contributed by atoms with Crippen LogP contribution in [-0.4, -0.2) is 37.6 Å². The number of hydrogen-bond acceptors (Lipinski definition) is 5. The number of amides is 1. The molecule has 1 fully saturated rings. The Bertz CT molecular complexity index is 636. The molecule has 0 saturated heterocycles. The van der Waals surface area contributed by atoms with Gasteiger partial charge in [-0.1, -0.05) is 17.4 Å². The molecule has 1 aromatic heterocycles. The molecule has 1 aliphatic carbocycles. The second kappa shape index (κ2) is 5.28. The van der Waals surface area contributed by atoms with Crippen LogP contribution in [0.25, 0.3) is 10.2 Å². The number of rotatable bonds is 5. The van der Waals surface area contributed by atoms with Gasteiger partial charge in [-0.2, -0.15) is 0 Å². The number of para-hydroxylation sites is 1. The molecule has 3 rings (SSSR count). The second-order valence-electron chi connectivity index (χ2n) is 5.00.